The fourth-order valence-corrected chi connectivity index (χ4v) is 3.87. The molecule has 1 rings (SSSR count). The molecule has 0 saturated carbocycles. The van der Waals surface area contributed by atoms with Crippen LogP contribution in [0.3, 0.4) is 0 Å². The van der Waals surface area contributed by atoms with E-state index in [1.165, 1.54) is 24.3 Å². The maximum Gasteiger partial charge on any atom is 0.416 e. The third-order valence-corrected chi connectivity index (χ3v) is 4.41. The average molecular weight is 356 g/mol. The summed E-state index contributed by atoms with van der Waals surface area (Å²) in [6, 6.07) is 4.79. The molecule has 0 saturated heterocycles. The van der Waals surface area contributed by atoms with Crippen LogP contribution in [-0.4, -0.2) is 33.4 Å². The number of alkyl halides is 4. The smallest absolute Gasteiger partial charge is 0.394 e. The van der Waals surface area contributed by atoms with Crippen molar-refractivity contribution in [3.05, 3.63) is 35.4 Å². The van der Waals surface area contributed by atoms with Crippen LogP contribution in [0.5, 0.6) is 0 Å². The van der Waals surface area contributed by atoms with E-state index in [-0.39, 0.29) is 5.88 Å². The maximum absolute atomic E-state index is 12.7. The van der Waals surface area contributed by atoms with Gasteiger partial charge >= 0.3 is 6.18 Å². The van der Waals surface area contributed by atoms with E-state index in [4.69, 9.17) is 20.9 Å². The van der Waals surface area contributed by atoms with E-state index >= 15 is 0 Å². The van der Waals surface area contributed by atoms with Crippen molar-refractivity contribution in [1.29, 1.82) is 0 Å². The number of halogens is 4. The third-order valence-electron chi connectivity index (χ3n) is 3.10. The fourth-order valence-electron chi connectivity index (χ4n) is 2.07. The quantitative estimate of drug-likeness (QED) is 0.326. The van der Waals surface area contributed by atoms with Crippen molar-refractivity contribution >= 4 is 19.9 Å². The van der Waals surface area contributed by atoms with E-state index in [1.54, 1.807) is 7.05 Å². The van der Waals surface area contributed by atoms with Crippen LogP contribution >= 0.6 is 11.6 Å². The predicted molar refractivity (Wildman–Crippen MR) is 83.0 cm³/mol. The van der Waals surface area contributed by atoms with E-state index in [9.17, 15) is 13.2 Å². The van der Waals surface area contributed by atoms with E-state index < -0.39 is 25.8 Å². The summed E-state index contributed by atoms with van der Waals surface area (Å²) in [5.74, 6) is 0.0208. The van der Waals surface area contributed by atoms with Gasteiger partial charge in [-0.3, -0.25) is 4.84 Å². The first kappa shape index (κ1) is 19.4. The molecule has 0 heterocycles. The number of benzene rings is 1. The van der Waals surface area contributed by atoms with Crippen LogP contribution in [0.2, 0.25) is 19.6 Å². The lowest BCUT2D eigenvalue weighted by molar-refractivity contribution is -0.253. The first-order valence-electron chi connectivity index (χ1n) is 6.68. The molecule has 0 aliphatic rings. The van der Waals surface area contributed by atoms with Gasteiger partial charge in [0.25, 0.3) is 0 Å². The Morgan fingerprint density at radius 1 is 1.09 bits per heavy atom. The van der Waals surface area contributed by atoms with Crippen LogP contribution in [0.1, 0.15) is 11.1 Å². The van der Waals surface area contributed by atoms with Gasteiger partial charge in [0, 0.05) is 12.6 Å². The Kier molecular flexibility index (Phi) is 6.08. The number of nitrogens with zero attached hydrogens (tertiary/aromatic N) is 1. The van der Waals surface area contributed by atoms with Gasteiger partial charge in [-0.1, -0.05) is 12.1 Å². The van der Waals surface area contributed by atoms with Crippen LogP contribution in [0.4, 0.5) is 13.2 Å². The van der Waals surface area contributed by atoms with E-state index in [2.05, 4.69) is 0 Å². The van der Waals surface area contributed by atoms with E-state index in [1.807, 2.05) is 19.6 Å². The van der Waals surface area contributed by atoms with Crippen molar-refractivity contribution in [2.75, 3.05) is 20.0 Å². The second kappa shape index (κ2) is 6.88. The predicted octanol–water partition coefficient (Wildman–Crippen LogP) is 4.44. The van der Waals surface area contributed by atoms with Crippen molar-refractivity contribution in [3.8, 4) is 0 Å². The SMILES string of the molecule is CON(C)C(CCl)(O[Si](C)(C)C)c1ccc(C(F)(F)F)cc1. The van der Waals surface area contributed by atoms with Gasteiger partial charge in [-0.15, -0.1) is 11.6 Å². The Morgan fingerprint density at radius 3 is 1.86 bits per heavy atom. The molecule has 0 spiro atoms. The Bertz CT molecular complexity index is 490. The van der Waals surface area contributed by atoms with Crippen LogP contribution in [0.15, 0.2) is 24.3 Å². The Morgan fingerprint density at radius 2 is 1.55 bits per heavy atom. The molecular weight excluding hydrogens is 335 g/mol. The summed E-state index contributed by atoms with van der Waals surface area (Å²) in [5.41, 5.74) is -1.33. The van der Waals surface area contributed by atoms with E-state index in [0.29, 0.717) is 5.56 Å². The summed E-state index contributed by atoms with van der Waals surface area (Å²) in [7, 11) is 1.04. The lowest BCUT2D eigenvalue weighted by atomic mass is 10.0. The Labute approximate surface area is 135 Å². The van der Waals surface area contributed by atoms with Gasteiger partial charge in [0.15, 0.2) is 14.0 Å². The van der Waals surface area contributed by atoms with Crippen molar-refractivity contribution in [2.45, 2.75) is 31.5 Å². The Hall–Kier alpha value is -0.603. The summed E-state index contributed by atoms with van der Waals surface area (Å²) in [4.78, 5) is 5.23. The van der Waals surface area contributed by atoms with Gasteiger partial charge in [0.2, 0.25) is 0 Å². The number of hydrogen-bond donors (Lipinski definition) is 0. The molecule has 0 aliphatic carbocycles. The van der Waals surface area contributed by atoms with Gasteiger partial charge in [-0.05, 0) is 31.8 Å². The summed E-state index contributed by atoms with van der Waals surface area (Å²) in [6.45, 7) is 5.92. The highest BCUT2D eigenvalue weighted by Gasteiger charge is 2.42. The molecule has 1 atom stereocenters. The molecule has 1 aromatic rings. The first-order chi connectivity index (χ1) is 9.96. The minimum Gasteiger partial charge on any atom is -0.394 e. The largest absolute Gasteiger partial charge is 0.416 e. The van der Waals surface area contributed by atoms with Gasteiger partial charge < -0.3 is 4.43 Å². The molecule has 22 heavy (non-hydrogen) atoms. The summed E-state index contributed by atoms with van der Waals surface area (Å²) in [5, 5.41) is 1.43. The highest BCUT2D eigenvalue weighted by molar-refractivity contribution is 6.69. The topological polar surface area (TPSA) is 21.7 Å². The minimum absolute atomic E-state index is 0.0208. The zero-order chi connectivity index (χ0) is 17.2. The van der Waals surface area contributed by atoms with Crippen molar-refractivity contribution in [1.82, 2.24) is 5.06 Å². The minimum atomic E-state index is -4.38. The van der Waals surface area contributed by atoms with Crippen molar-refractivity contribution in [2.24, 2.45) is 0 Å². The van der Waals surface area contributed by atoms with Gasteiger partial charge in [0.1, 0.15) is 0 Å². The van der Waals surface area contributed by atoms with E-state index in [0.717, 1.165) is 12.1 Å². The maximum atomic E-state index is 12.7. The second-order valence-corrected chi connectivity index (χ2v) is 10.6. The lowest BCUT2D eigenvalue weighted by Crippen LogP contribution is -2.52. The molecule has 0 bridgehead atoms. The highest BCUT2D eigenvalue weighted by atomic mass is 35.5. The van der Waals surface area contributed by atoms with Gasteiger partial charge in [-0.2, -0.15) is 18.2 Å². The van der Waals surface area contributed by atoms with Crippen LogP contribution in [-0.2, 0) is 21.2 Å². The molecule has 1 unspecified atom stereocenters. The van der Waals surface area contributed by atoms with Crippen LogP contribution in [0.25, 0.3) is 0 Å². The number of hydrogen-bond acceptors (Lipinski definition) is 3. The molecule has 3 nitrogen and oxygen atoms in total. The molecule has 0 aliphatic heterocycles. The molecule has 0 fully saturated rings. The van der Waals surface area contributed by atoms with Crippen molar-refractivity contribution in [3.63, 3.8) is 0 Å². The zero-order valence-electron chi connectivity index (χ0n) is 13.3. The summed E-state index contributed by atoms with van der Waals surface area (Å²) < 4.78 is 44.3. The third kappa shape index (κ3) is 4.45. The number of hydroxylamine groups is 2. The monoisotopic (exact) mass is 355 g/mol. The van der Waals surface area contributed by atoms with Crippen LogP contribution < -0.4 is 0 Å². The molecule has 0 amide bonds. The molecule has 0 radical (unpaired) electrons. The first-order valence-corrected chi connectivity index (χ1v) is 10.6. The summed E-state index contributed by atoms with van der Waals surface area (Å²) >= 11 is 6.12. The Balaban J connectivity index is 3.32. The normalized spacial score (nSPS) is 15.9. The standard InChI is InChI=1S/C14H21ClF3NO2Si/c1-19(20-2)13(10-15,21-22(3,4)5)11-6-8-12(9-7-11)14(16,17)18/h6-9H,10H2,1-5H3. The molecule has 1 aromatic carbocycles. The fraction of sp³-hybridized carbons (Fsp3) is 0.571. The number of rotatable bonds is 6. The van der Waals surface area contributed by atoms with Gasteiger partial charge in [-0.25, -0.2) is 0 Å². The second-order valence-electron chi connectivity index (χ2n) is 5.89. The molecule has 0 aromatic heterocycles. The average Bonchev–Trinajstić information content (AvgIpc) is 2.42. The zero-order valence-corrected chi connectivity index (χ0v) is 15.0. The molecular formula is C14H21ClF3NO2Si. The van der Waals surface area contributed by atoms with Crippen LogP contribution in [0, 0.1) is 0 Å². The molecule has 8 heteroatoms. The molecule has 0 N–H and O–H groups in total. The lowest BCUT2D eigenvalue weighted by Gasteiger charge is -2.43. The van der Waals surface area contributed by atoms with Gasteiger partial charge in [0.05, 0.1) is 18.6 Å². The summed E-state index contributed by atoms with van der Waals surface area (Å²) in [6.07, 6.45) is -4.38. The highest BCUT2D eigenvalue weighted by Crippen LogP contribution is 2.36. The van der Waals surface area contributed by atoms with Crippen molar-refractivity contribution < 1.29 is 22.4 Å². The molecule has 126 valence electrons.